The van der Waals surface area contributed by atoms with E-state index in [4.69, 9.17) is 15.2 Å². The molecular formula is C10H21NO2. The monoisotopic (exact) mass is 187 g/mol. The molecule has 3 nitrogen and oxygen atoms in total. The minimum absolute atomic E-state index is 0.343. The molecule has 2 N–H and O–H groups in total. The van der Waals surface area contributed by atoms with Crippen molar-refractivity contribution in [1.82, 2.24) is 0 Å². The van der Waals surface area contributed by atoms with Gasteiger partial charge in [0.05, 0.1) is 6.61 Å². The van der Waals surface area contributed by atoms with Crippen molar-refractivity contribution in [2.24, 2.45) is 11.7 Å². The molecule has 0 aromatic heterocycles. The lowest BCUT2D eigenvalue weighted by atomic mass is 9.92. The van der Waals surface area contributed by atoms with Crippen LogP contribution in [0.2, 0.25) is 0 Å². The van der Waals surface area contributed by atoms with Gasteiger partial charge in [-0.25, -0.2) is 0 Å². The topological polar surface area (TPSA) is 44.5 Å². The molecule has 0 aromatic rings. The van der Waals surface area contributed by atoms with E-state index in [-0.39, 0.29) is 0 Å². The summed E-state index contributed by atoms with van der Waals surface area (Å²) in [5.41, 5.74) is 5.97. The Kier molecular flexibility index (Phi) is 5.35. The van der Waals surface area contributed by atoms with Crippen LogP contribution < -0.4 is 5.73 Å². The lowest BCUT2D eigenvalue weighted by Crippen LogP contribution is -2.38. The summed E-state index contributed by atoms with van der Waals surface area (Å²) in [6.45, 7) is 5.37. The summed E-state index contributed by atoms with van der Waals surface area (Å²) < 4.78 is 10.7. The molecule has 1 aliphatic heterocycles. The largest absolute Gasteiger partial charge is 0.382 e. The normalized spacial score (nSPS) is 29.1. The molecule has 1 aliphatic rings. The zero-order valence-electron chi connectivity index (χ0n) is 8.50. The second-order valence-electron chi connectivity index (χ2n) is 3.63. The van der Waals surface area contributed by atoms with Gasteiger partial charge in [-0.1, -0.05) is 0 Å². The van der Waals surface area contributed by atoms with Crippen molar-refractivity contribution in [3.05, 3.63) is 0 Å². The smallest absolute Gasteiger partial charge is 0.0509 e. The number of hydrogen-bond donors (Lipinski definition) is 1. The minimum atomic E-state index is 0.343. The average Bonchev–Trinajstić information content (AvgIpc) is 2.15. The highest BCUT2D eigenvalue weighted by molar-refractivity contribution is 4.75. The Bertz CT molecular complexity index is 130. The Labute approximate surface area is 80.6 Å². The fraction of sp³-hybridized carbons (Fsp3) is 1.00. The highest BCUT2D eigenvalue weighted by Crippen LogP contribution is 2.17. The van der Waals surface area contributed by atoms with Gasteiger partial charge in [-0.15, -0.1) is 0 Å². The Morgan fingerprint density at radius 1 is 1.54 bits per heavy atom. The number of nitrogens with two attached hydrogens (primary N) is 1. The quantitative estimate of drug-likeness (QED) is 0.657. The predicted molar refractivity (Wildman–Crippen MR) is 52.6 cm³/mol. The molecule has 0 aromatic carbocycles. The van der Waals surface area contributed by atoms with E-state index in [0.29, 0.717) is 12.0 Å². The standard InChI is InChI=1S/C10H21NO2/c1-2-12-6-3-4-9-8-13-7-5-10(9)11/h9-10H,2-8,11H2,1H3. The molecule has 1 rings (SSSR count). The van der Waals surface area contributed by atoms with E-state index >= 15 is 0 Å². The van der Waals surface area contributed by atoms with E-state index in [1.807, 2.05) is 6.92 Å². The zero-order valence-corrected chi connectivity index (χ0v) is 8.50. The lowest BCUT2D eigenvalue weighted by Gasteiger charge is -2.28. The van der Waals surface area contributed by atoms with Crippen molar-refractivity contribution in [1.29, 1.82) is 0 Å². The first-order chi connectivity index (χ1) is 6.34. The minimum Gasteiger partial charge on any atom is -0.382 e. The summed E-state index contributed by atoms with van der Waals surface area (Å²) in [6.07, 6.45) is 3.26. The Balaban J connectivity index is 2.05. The van der Waals surface area contributed by atoms with E-state index in [2.05, 4.69) is 0 Å². The third-order valence-electron chi connectivity index (χ3n) is 2.60. The Morgan fingerprint density at radius 2 is 2.38 bits per heavy atom. The summed E-state index contributed by atoms with van der Waals surface area (Å²) in [6, 6.07) is 0.343. The number of ether oxygens (including phenoxy) is 2. The highest BCUT2D eigenvalue weighted by Gasteiger charge is 2.21. The summed E-state index contributed by atoms with van der Waals surface area (Å²) in [7, 11) is 0. The van der Waals surface area contributed by atoms with Gasteiger partial charge in [0.15, 0.2) is 0 Å². The fourth-order valence-corrected chi connectivity index (χ4v) is 1.70. The summed E-state index contributed by atoms with van der Waals surface area (Å²) in [5, 5.41) is 0. The SMILES string of the molecule is CCOCCCC1COCCC1N. The van der Waals surface area contributed by atoms with Crippen LogP contribution in [0.5, 0.6) is 0 Å². The fourth-order valence-electron chi connectivity index (χ4n) is 1.70. The van der Waals surface area contributed by atoms with Crippen LogP contribution in [0.3, 0.4) is 0 Å². The van der Waals surface area contributed by atoms with Gasteiger partial charge in [-0.05, 0) is 32.1 Å². The molecule has 2 unspecified atom stereocenters. The zero-order chi connectivity index (χ0) is 9.52. The molecule has 13 heavy (non-hydrogen) atoms. The third kappa shape index (κ3) is 4.07. The maximum atomic E-state index is 5.97. The molecule has 1 fully saturated rings. The van der Waals surface area contributed by atoms with Crippen LogP contribution in [0.4, 0.5) is 0 Å². The van der Waals surface area contributed by atoms with Gasteiger partial charge in [-0.3, -0.25) is 0 Å². The molecule has 0 radical (unpaired) electrons. The van der Waals surface area contributed by atoms with Crippen LogP contribution in [0.1, 0.15) is 26.2 Å². The predicted octanol–water partition coefficient (Wildman–Crippen LogP) is 1.17. The Hall–Kier alpha value is -0.120. The van der Waals surface area contributed by atoms with E-state index in [9.17, 15) is 0 Å². The van der Waals surface area contributed by atoms with Crippen LogP contribution in [0, 0.1) is 5.92 Å². The van der Waals surface area contributed by atoms with Gasteiger partial charge in [0.2, 0.25) is 0 Å². The van der Waals surface area contributed by atoms with Crippen molar-refractivity contribution >= 4 is 0 Å². The average molecular weight is 187 g/mol. The van der Waals surface area contributed by atoms with Crippen molar-refractivity contribution < 1.29 is 9.47 Å². The van der Waals surface area contributed by atoms with Crippen molar-refractivity contribution in [3.8, 4) is 0 Å². The maximum Gasteiger partial charge on any atom is 0.0509 e. The van der Waals surface area contributed by atoms with Crippen molar-refractivity contribution in [3.63, 3.8) is 0 Å². The van der Waals surface area contributed by atoms with Gasteiger partial charge in [-0.2, -0.15) is 0 Å². The molecule has 1 saturated heterocycles. The first-order valence-electron chi connectivity index (χ1n) is 5.25. The van der Waals surface area contributed by atoms with Crippen LogP contribution in [0.15, 0.2) is 0 Å². The van der Waals surface area contributed by atoms with Crippen LogP contribution >= 0.6 is 0 Å². The van der Waals surface area contributed by atoms with E-state index in [1.54, 1.807) is 0 Å². The summed E-state index contributed by atoms with van der Waals surface area (Å²) in [5.74, 6) is 0.550. The lowest BCUT2D eigenvalue weighted by molar-refractivity contribution is 0.0338. The van der Waals surface area contributed by atoms with Gasteiger partial charge >= 0.3 is 0 Å². The third-order valence-corrected chi connectivity index (χ3v) is 2.60. The van der Waals surface area contributed by atoms with Crippen LogP contribution in [0.25, 0.3) is 0 Å². The Morgan fingerprint density at radius 3 is 3.08 bits per heavy atom. The number of rotatable bonds is 5. The first kappa shape index (κ1) is 11.0. The van der Waals surface area contributed by atoms with Crippen LogP contribution in [-0.4, -0.2) is 32.5 Å². The van der Waals surface area contributed by atoms with Crippen molar-refractivity contribution in [2.45, 2.75) is 32.2 Å². The molecule has 0 spiro atoms. The first-order valence-corrected chi connectivity index (χ1v) is 5.25. The van der Waals surface area contributed by atoms with Gasteiger partial charge in [0.1, 0.15) is 0 Å². The molecule has 78 valence electrons. The molecule has 3 heteroatoms. The van der Waals surface area contributed by atoms with Gasteiger partial charge in [0, 0.05) is 25.9 Å². The summed E-state index contributed by atoms with van der Waals surface area (Å²) in [4.78, 5) is 0. The molecule has 2 atom stereocenters. The molecule has 0 aliphatic carbocycles. The van der Waals surface area contributed by atoms with E-state index in [1.165, 1.54) is 0 Å². The summed E-state index contributed by atoms with van der Waals surface area (Å²) >= 11 is 0. The second kappa shape index (κ2) is 6.35. The van der Waals surface area contributed by atoms with Gasteiger partial charge in [0.25, 0.3) is 0 Å². The molecule has 0 amide bonds. The maximum absolute atomic E-state index is 5.97. The molecule has 1 heterocycles. The molecular weight excluding hydrogens is 166 g/mol. The van der Waals surface area contributed by atoms with E-state index < -0.39 is 0 Å². The van der Waals surface area contributed by atoms with Crippen molar-refractivity contribution in [2.75, 3.05) is 26.4 Å². The molecule has 0 bridgehead atoms. The van der Waals surface area contributed by atoms with Crippen LogP contribution in [-0.2, 0) is 9.47 Å². The van der Waals surface area contributed by atoms with Gasteiger partial charge < -0.3 is 15.2 Å². The number of hydrogen-bond acceptors (Lipinski definition) is 3. The molecule has 0 saturated carbocycles. The highest BCUT2D eigenvalue weighted by atomic mass is 16.5. The van der Waals surface area contributed by atoms with E-state index in [0.717, 1.165) is 45.7 Å². The second-order valence-corrected chi connectivity index (χ2v) is 3.63.